The number of anilines is 1. The van der Waals surface area contributed by atoms with E-state index < -0.39 is 0 Å². The zero-order valence-electron chi connectivity index (χ0n) is 15.6. The van der Waals surface area contributed by atoms with Crippen LogP contribution in [0.25, 0.3) is 11.0 Å². The van der Waals surface area contributed by atoms with E-state index in [0.29, 0.717) is 12.2 Å². The van der Waals surface area contributed by atoms with E-state index in [1.807, 2.05) is 38.1 Å². The molecule has 0 aliphatic rings. The molecule has 26 heavy (non-hydrogen) atoms. The fourth-order valence-electron chi connectivity index (χ4n) is 2.73. The number of nitrogens with zero attached hydrogens (tertiary/aromatic N) is 4. The van der Waals surface area contributed by atoms with Crippen LogP contribution in [0.4, 0.5) is 10.5 Å². The lowest BCUT2D eigenvalue weighted by molar-refractivity contribution is 0.220. The van der Waals surface area contributed by atoms with Crippen molar-refractivity contribution >= 4 is 22.8 Å². The highest BCUT2D eigenvalue weighted by molar-refractivity contribution is 5.91. The van der Waals surface area contributed by atoms with Crippen molar-refractivity contribution in [3.8, 4) is 0 Å². The Morgan fingerprint density at radius 3 is 2.62 bits per heavy atom. The van der Waals surface area contributed by atoms with Gasteiger partial charge in [0.05, 0.1) is 40.4 Å². The first-order chi connectivity index (χ1) is 12.5. The molecule has 0 aliphatic carbocycles. The fourth-order valence-corrected chi connectivity index (χ4v) is 2.73. The zero-order chi connectivity index (χ0) is 18.7. The fraction of sp³-hybridized carbons (Fsp3) is 0.368. The quantitative estimate of drug-likeness (QED) is 0.735. The van der Waals surface area contributed by atoms with E-state index in [1.54, 1.807) is 11.9 Å². The Labute approximate surface area is 152 Å². The Kier molecular flexibility index (Phi) is 5.16. The maximum Gasteiger partial charge on any atom is 0.321 e. The van der Waals surface area contributed by atoms with Crippen LogP contribution in [0, 0.1) is 13.8 Å². The summed E-state index contributed by atoms with van der Waals surface area (Å²) in [4.78, 5) is 23.1. The van der Waals surface area contributed by atoms with Gasteiger partial charge < -0.3 is 10.2 Å². The van der Waals surface area contributed by atoms with E-state index in [1.165, 1.54) is 0 Å². The summed E-state index contributed by atoms with van der Waals surface area (Å²) in [5, 5.41) is 10.1. The molecular formula is C19H24N6O. The number of fused-ring (bicyclic) bond motifs is 1. The van der Waals surface area contributed by atoms with Crippen molar-refractivity contribution in [1.82, 2.24) is 25.1 Å². The number of carbonyl (C=O) groups excluding carboxylic acids is 1. The van der Waals surface area contributed by atoms with Crippen LogP contribution in [0.3, 0.4) is 0 Å². The van der Waals surface area contributed by atoms with Gasteiger partial charge in [0.15, 0.2) is 0 Å². The molecular weight excluding hydrogens is 328 g/mol. The van der Waals surface area contributed by atoms with Crippen LogP contribution in [0.2, 0.25) is 0 Å². The summed E-state index contributed by atoms with van der Waals surface area (Å²) in [6.45, 7) is 6.45. The minimum absolute atomic E-state index is 0.187. The molecule has 0 saturated carbocycles. The number of rotatable bonds is 5. The molecule has 0 saturated heterocycles. The summed E-state index contributed by atoms with van der Waals surface area (Å²) in [6, 6.07) is 7.37. The maximum atomic E-state index is 12.5. The number of hydrogen-bond acceptors (Lipinski definition) is 4. The lowest BCUT2D eigenvalue weighted by Crippen LogP contribution is -2.30. The monoisotopic (exact) mass is 352 g/mol. The predicted molar refractivity (Wildman–Crippen MR) is 102 cm³/mol. The normalized spacial score (nSPS) is 10.9. The molecule has 3 aromatic rings. The molecule has 136 valence electrons. The molecule has 0 bridgehead atoms. The number of benzene rings is 1. The molecule has 3 rings (SSSR count). The highest BCUT2D eigenvalue weighted by Crippen LogP contribution is 2.18. The van der Waals surface area contributed by atoms with E-state index in [0.717, 1.165) is 46.7 Å². The Balaban J connectivity index is 1.68. The molecule has 0 spiro atoms. The van der Waals surface area contributed by atoms with Crippen LogP contribution in [0.1, 0.15) is 36.1 Å². The molecule has 7 heteroatoms. The number of amides is 2. The van der Waals surface area contributed by atoms with E-state index in [9.17, 15) is 4.79 Å². The highest BCUT2D eigenvalue weighted by Gasteiger charge is 2.12. The van der Waals surface area contributed by atoms with E-state index >= 15 is 0 Å². The maximum absolute atomic E-state index is 12.5. The average molecular weight is 352 g/mol. The first kappa shape index (κ1) is 17.8. The summed E-state index contributed by atoms with van der Waals surface area (Å²) in [7, 11) is 1.75. The van der Waals surface area contributed by atoms with Crippen LogP contribution in [0.15, 0.2) is 24.3 Å². The number of carbonyl (C=O) groups is 1. The average Bonchev–Trinajstić information content (AvgIpc) is 3.03. The van der Waals surface area contributed by atoms with E-state index in [4.69, 9.17) is 0 Å². The molecule has 0 aliphatic heterocycles. The smallest absolute Gasteiger partial charge is 0.321 e. The molecule has 0 radical (unpaired) electrons. The molecule has 2 heterocycles. The SMILES string of the molecule is CCCc1cc(CN(C)C(=O)Nc2ccc3nc(C)c(C)nc3c2)[nH]n1. The van der Waals surface area contributed by atoms with Crippen molar-refractivity contribution in [2.45, 2.75) is 40.2 Å². The number of aromatic nitrogens is 4. The van der Waals surface area contributed by atoms with Crippen LogP contribution < -0.4 is 5.32 Å². The van der Waals surface area contributed by atoms with Gasteiger partial charge in [-0.25, -0.2) is 14.8 Å². The third-order valence-electron chi connectivity index (χ3n) is 4.27. The number of nitrogens with one attached hydrogen (secondary N) is 2. The van der Waals surface area contributed by atoms with Crippen molar-refractivity contribution in [3.05, 3.63) is 47.0 Å². The first-order valence-corrected chi connectivity index (χ1v) is 8.76. The van der Waals surface area contributed by atoms with E-state index in [2.05, 4.69) is 32.4 Å². The third kappa shape index (κ3) is 3.99. The molecule has 0 unspecified atom stereocenters. The van der Waals surface area contributed by atoms with Crippen LogP contribution in [0.5, 0.6) is 0 Å². The molecule has 0 atom stereocenters. The van der Waals surface area contributed by atoms with Crippen molar-refractivity contribution in [2.24, 2.45) is 0 Å². The van der Waals surface area contributed by atoms with Crippen LogP contribution in [-0.2, 0) is 13.0 Å². The standard InChI is InChI=1S/C19H24N6O/c1-5-6-15-9-16(24-23-15)11-25(4)19(26)22-14-7-8-17-18(10-14)21-13(3)12(2)20-17/h7-10H,5-6,11H2,1-4H3,(H,22,26)(H,23,24). The summed E-state index contributed by atoms with van der Waals surface area (Å²) >= 11 is 0. The van der Waals surface area contributed by atoms with Crippen molar-refractivity contribution in [3.63, 3.8) is 0 Å². The summed E-state index contributed by atoms with van der Waals surface area (Å²) in [6.07, 6.45) is 1.98. The Hall–Kier alpha value is -2.96. The largest absolute Gasteiger partial charge is 0.322 e. The molecule has 2 aromatic heterocycles. The topological polar surface area (TPSA) is 86.8 Å². The zero-order valence-corrected chi connectivity index (χ0v) is 15.6. The van der Waals surface area contributed by atoms with Gasteiger partial charge in [0.2, 0.25) is 0 Å². The highest BCUT2D eigenvalue weighted by atomic mass is 16.2. The van der Waals surface area contributed by atoms with Gasteiger partial charge in [0, 0.05) is 12.7 Å². The Bertz CT molecular complexity index is 933. The Morgan fingerprint density at radius 1 is 1.15 bits per heavy atom. The summed E-state index contributed by atoms with van der Waals surface area (Å²) in [5.74, 6) is 0. The van der Waals surface area contributed by atoms with Gasteiger partial charge in [0.1, 0.15) is 0 Å². The number of H-pyrrole nitrogens is 1. The first-order valence-electron chi connectivity index (χ1n) is 8.76. The molecule has 7 nitrogen and oxygen atoms in total. The minimum Gasteiger partial charge on any atom is -0.322 e. The van der Waals surface area contributed by atoms with Crippen LogP contribution >= 0.6 is 0 Å². The Morgan fingerprint density at radius 2 is 1.88 bits per heavy atom. The van der Waals surface area contributed by atoms with Gasteiger partial charge in [-0.15, -0.1) is 0 Å². The minimum atomic E-state index is -0.187. The molecule has 0 fully saturated rings. The van der Waals surface area contributed by atoms with Crippen molar-refractivity contribution < 1.29 is 4.79 Å². The summed E-state index contributed by atoms with van der Waals surface area (Å²) in [5.41, 5.74) is 6.03. The molecule has 1 aromatic carbocycles. The lowest BCUT2D eigenvalue weighted by Gasteiger charge is -2.17. The second kappa shape index (κ2) is 7.51. The van der Waals surface area contributed by atoms with Crippen molar-refractivity contribution in [1.29, 1.82) is 0 Å². The van der Waals surface area contributed by atoms with E-state index in [-0.39, 0.29) is 6.03 Å². The second-order valence-electron chi connectivity index (χ2n) is 6.52. The van der Waals surface area contributed by atoms with Gasteiger partial charge >= 0.3 is 6.03 Å². The van der Waals surface area contributed by atoms with Gasteiger partial charge in [-0.3, -0.25) is 5.10 Å². The van der Waals surface area contributed by atoms with Crippen LogP contribution in [-0.4, -0.2) is 38.1 Å². The third-order valence-corrected chi connectivity index (χ3v) is 4.27. The number of aryl methyl sites for hydroxylation is 3. The lowest BCUT2D eigenvalue weighted by atomic mass is 10.2. The van der Waals surface area contributed by atoms with Gasteiger partial charge in [-0.05, 0) is 44.5 Å². The number of urea groups is 1. The van der Waals surface area contributed by atoms with Gasteiger partial charge in [-0.1, -0.05) is 13.3 Å². The molecule has 2 N–H and O–H groups in total. The molecule has 2 amide bonds. The van der Waals surface area contributed by atoms with Crippen molar-refractivity contribution in [2.75, 3.05) is 12.4 Å². The second-order valence-corrected chi connectivity index (χ2v) is 6.52. The van der Waals surface area contributed by atoms with Gasteiger partial charge in [-0.2, -0.15) is 5.10 Å². The number of aromatic amines is 1. The van der Waals surface area contributed by atoms with Gasteiger partial charge in [0.25, 0.3) is 0 Å². The number of hydrogen-bond donors (Lipinski definition) is 2. The predicted octanol–water partition coefficient (Wildman–Crippen LogP) is 3.59. The summed E-state index contributed by atoms with van der Waals surface area (Å²) < 4.78 is 0.